The maximum absolute atomic E-state index is 13.2. The summed E-state index contributed by atoms with van der Waals surface area (Å²) in [5.41, 5.74) is 1.05. The molecule has 2 heterocycles. The Morgan fingerprint density at radius 2 is 2.17 bits per heavy atom. The van der Waals surface area contributed by atoms with Crippen LogP contribution in [0.15, 0.2) is 36.7 Å². The zero-order valence-corrected chi connectivity index (χ0v) is 14.4. The monoisotopic (exact) mass is 327 g/mol. The number of imidazole rings is 1. The molecule has 0 unspecified atom stereocenters. The number of nitrogens with one attached hydrogen (secondary N) is 1. The molecule has 0 spiro atoms. The van der Waals surface area contributed by atoms with Gasteiger partial charge in [-0.2, -0.15) is 0 Å². The molecule has 1 aliphatic heterocycles. The van der Waals surface area contributed by atoms with E-state index in [1.165, 1.54) is 0 Å². The van der Waals surface area contributed by atoms with Crippen LogP contribution in [0.5, 0.6) is 5.75 Å². The van der Waals surface area contributed by atoms with Gasteiger partial charge in [0.15, 0.2) is 0 Å². The van der Waals surface area contributed by atoms with Crippen molar-refractivity contribution in [3.05, 3.63) is 48.0 Å². The molecule has 1 N–H and O–H groups in total. The Bertz CT molecular complexity index is 652. The first-order valence-electron chi connectivity index (χ1n) is 8.68. The first kappa shape index (κ1) is 16.6. The molecule has 1 saturated heterocycles. The van der Waals surface area contributed by atoms with Crippen molar-refractivity contribution in [3.63, 3.8) is 0 Å². The lowest BCUT2D eigenvalue weighted by Gasteiger charge is -2.37. The third kappa shape index (κ3) is 3.30. The number of amides is 1. The Kier molecular flexibility index (Phi) is 5.18. The van der Waals surface area contributed by atoms with Gasteiger partial charge in [-0.25, -0.2) is 4.98 Å². The fourth-order valence-electron chi connectivity index (χ4n) is 3.53. The second kappa shape index (κ2) is 7.51. The van der Waals surface area contributed by atoms with Crippen molar-refractivity contribution >= 4 is 5.91 Å². The number of carbonyl (C=O) groups excluding carboxylic acids is 1. The van der Waals surface area contributed by atoms with Crippen molar-refractivity contribution in [1.29, 1.82) is 0 Å². The standard InChI is InChI=1S/C19H25N3O2/c1-3-16(14-7-9-15(24-2)10-8-14)19(23)22-13-5-4-6-17(22)18-20-11-12-21-18/h7-12,16-17H,3-6,13H2,1-2H3,(H,20,21)/t16-,17+/m0/s1. The minimum absolute atomic E-state index is 0.0635. The molecule has 1 aliphatic rings. The average molecular weight is 327 g/mol. The molecule has 3 rings (SSSR count). The second-order valence-corrected chi connectivity index (χ2v) is 6.25. The molecule has 0 aliphatic carbocycles. The lowest BCUT2D eigenvalue weighted by atomic mass is 9.92. The Morgan fingerprint density at radius 1 is 1.38 bits per heavy atom. The number of hydrogen-bond donors (Lipinski definition) is 1. The van der Waals surface area contributed by atoms with E-state index in [0.717, 1.165) is 49.4 Å². The van der Waals surface area contributed by atoms with Crippen LogP contribution in [0.4, 0.5) is 0 Å². The van der Waals surface area contributed by atoms with Gasteiger partial charge in [-0.15, -0.1) is 0 Å². The lowest BCUT2D eigenvalue weighted by molar-refractivity contribution is -0.137. The minimum atomic E-state index is -0.119. The number of ether oxygens (including phenoxy) is 1. The number of piperidine rings is 1. The quantitative estimate of drug-likeness (QED) is 0.911. The number of aromatic amines is 1. The first-order chi connectivity index (χ1) is 11.7. The van der Waals surface area contributed by atoms with Crippen LogP contribution >= 0.6 is 0 Å². The summed E-state index contributed by atoms with van der Waals surface area (Å²) in [6.07, 6.45) is 7.53. The van der Waals surface area contributed by atoms with Crippen LogP contribution in [0.25, 0.3) is 0 Å². The predicted molar refractivity (Wildman–Crippen MR) is 92.9 cm³/mol. The number of methoxy groups -OCH3 is 1. The summed E-state index contributed by atoms with van der Waals surface area (Å²) in [4.78, 5) is 22.8. The van der Waals surface area contributed by atoms with E-state index in [-0.39, 0.29) is 17.9 Å². The Morgan fingerprint density at radius 3 is 2.79 bits per heavy atom. The molecule has 0 bridgehead atoms. The van der Waals surface area contributed by atoms with Gasteiger partial charge in [-0.3, -0.25) is 4.79 Å². The summed E-state index contributed by atoms with van der Waals surface area (Å²) in [5, 5.41) is 0. The normalized spacial score (nSPS) is 19.1. The molecule has 1 fully saturated rings. The molecule has 1 amide bonds. The SMILES string of the molecule is CC[C@H](C(=O)N1CCCC[C@@H]1c1ncc[nH]1)c1ccc(OC)cc1. The van der Waals surface area contributed by atoms with Crippen molar-refractivity contribution in [1.82, 2.24) is 14.9 Å². The molecule has 5 heteroatoms. The topological polar surface area (TPSA) is 58.2 Å². The van der Waals surface area contributed by atoms with Gasteiger partial charge in [0.05, 0.1) is 19.1 Å². The van der Waals surface area contributed by atoms with Crippen molar-refractivity contribution in [2.45, 2.75) is 44.6 Å². The van der Waals surface area contributed by atoms with Crippen molar-refractivity contribution in [2.75, 3.05) is 13.7 Å². The summed E-state index contributed by atoms with van der Waals surface area (Å²) in [5.74, 6) is 1.79. The zero-order valence-electron chi connectivity index (χ0n) is 14.4. The lowest BCUT2D eigenvalue weighted by Crippen LogP contribution is -2.41. The maximum Gasteiger partial charge on any atom is 0.230 e. The molecule has 5 nitrogen and oxygen atoms in total. The average Bonchev–Trinajstić information content (AvgIpc) is 3.17. The van der Waals surface area contributed by atoms with Gasteiger partial charge in [0.1, 0.15) is 11.6 Å². The predicted octanol–water partition coefficient (Wildman–Crippen LogP) is 3.67. The number of carbonyl (C=O) groups is 1. The fraction of sp³-hybridized carbons (Fsp3) is 0.474. The van der Waals surface area contributed by atoms with Gasteiger partial charge in [0, 0.05) is 18.9 Å². The molecular weight excluding hydrogens is 302 g/mol. The van der Waals surface area contributed by atoms with Crippen LogP contribution in [0.2, 0.25) is 0 Å². The largest absolute Gasteiger partial charge is 0.497 e. The van der Waals surface area contributed by atoms with E-state index in [4.69, 9.17) is 4.74 Å². The van der Waals surface area contributed by atoms with E-state index in [1.54, 1.807) is 13.3 Å². The highest BCUT2D eigenvalue weighted by atomic mass is 16.5. The number of aromatic nitrogens is 2. The molecule has 0 radical (unpaired) electrons. The van der Waals surface area contributed by atoms with Crippen molar-refractivity contribution in [3.8, 4) is 5.75 Å². The Labute approximate surface area is 143 Å². The van der Waals surface area contributed by atoms with Crippen LogP contribution in [-0.4, -0.2) is 34.4 Å². The molecule has 2 atom stereocenters. The van der Waals surface area contributed by atoms with Crippen molar-refractivity contribution < 1.29 is 9.53 Å². The Hall–Kier alpha value is -2.30. The molecule has 0 saturated carbocycles. The molecule has 1 aromatic carbocycles. The summed E-state index contributed by atoms with van der Waals surface area (Å²) in [7, 11) is 1.65. The van der Waals surface area contributed by atoms with E-state index in [9.17, 15) is 4.79 Å². The number of H-pyrrole nitrogens is 1. The van der Waals surface area contributed by atoms with E-state index in [0.29, 0.717) is 0 Å². The third-order valence-corrected chi connectivity index (χ3v) is 4.85. The highest BCUT2D eigenvalue weighted by Crippen LogP contribution is 2.33. The molecular formula is C19H25N3O2. The summed E-state index contributed by atoms with van der Waals surface area (Å²) in [6, 6.07) is 7.90. The number of likely N-dealkylation sites (tertiary alicyclic amines) is 1. The van der Waals surface area contributed by atoms with E-state index >= 15 is 0 Å². The molecule has 24 heavy (non-hydrogen) atoms. The van der Waals surface area contributed by atoms with Gasteiger partial charge in [-0.05, 0) is 43.4 Å². The number of nitrogens with zero attached hydrogens (tertiary/aromatic N) is 2. The molecule has 1 aromatic heterocycles. The third-order valence-electron chi connectivity index (χ3n) is 4.85. The van der Waals surface area contributed by atoms with Gasteiger partial charge in [0.25, 0.3) is 0 Å². The highest BCUT2D eigenvalue weighted by molar-refractivity contribution is 5.84. The fourth-order valence-corrected chi connectivity index (χ4v) is 3.53. The summed E-state index contributed by atoms with van der Waals surface area (Å²) < 4.78 is 5.22. The smallest absolute Gasteiger partial charge is 0.230 e. The zero-order chi connectivity index (χ0) is 16.9. The van der Waals surface area contributed by atoms with Gasteiger partial charge < -0.3 is 14.6 Å². The van der Waals surface area contributed by atoms with Crippen LogP contribution in [0.3, 0.4) is 0 Å². The number of rotatable bonds is 5. The molecule has 2 aromatic rings. The van der Waals surface area contributed by atoms with Crippen LogP contribution in [0.1, 0.15) is 56.0 Å². The number of benzene rings is 1. The Balaban J connectivity index is 1.83. The van der Waals surface area contributed by atoms with Crippen molar-refractivity contribution in [2.24, 2.45) is 0 Å². The summed E-state index contributed by atoms with van der Waals surface area (Å²) in [6.45, 7) is 2.87. The van der Waals surface area contributed by atoms with Gasteiger partial charge in [0.2, 0.25) is 5.91 Å². The van der Waals surface area contributed by atoms with E-state index in [1.807, 2.05) is 35.4 Å². The van der Waals surface area contributed by atoms with Gasteiger partial charge in [-0.1, -0.05) is 19.1 Å². The first-order valence-corrected chi connectivity index (χ1v) is 8.68. The van der Waals surface area contributed by atoms with E-state index < -0.39 is 0 Å². The van der Waals surface area contributed by atoms with Gasteiger partial charge >= 0.3 is 0 Å². The van der Waals surface area contributed by atoms with Crippen LogP contribution in [-0.2, 0) is 4.79 Å². The second-order valence-electron chi connectivity index (χ2n) is 6.25. The molecule has 128 valence electrons. The minimum Gasteiger partial charge on any atom is -0.497 e. The number of hydrogen-bond acceptors (Lipinski definition) is 3. The maximum atomic E-state index is 13.2. The van der Waals surface area contributed by atoms with Crippen LogP contribution in [0, 0.1) is 0 Å². The van der Waals surface area contributed by atoms with E-state index in [2.05, 4.69) is 16.9 Å². The van der Waals surface area contributed by atoms with Crippen LogP contribution < -0.4 is 4.74 Å². The summed E-state index contributed by atoms with van der Waals surface area (Å²) >= 11 is 0. The highest BCUT2D eigenvalue weighted by Gasteiger charge is 2.33.